The fraction of sp³-hybridized carbons (Fsp3) is 0.529. The third kappa shape index (κ3) is 6.83. The number of hydrogen-bond acceptors (Lipinski definition) is 5. The topological polar surface area (TPSA) is 15.7 Å². The first-order valence-electron chi connectivity index (χ1n) is 8.48. The predicted octanol–water partition coefficient (Wildman–Crippen LogP) is 4.96. The third-order valence-corrected chi connectivity index (χ3v) is 24.0. The van der Waals surface area contributed by atoms with E-state index in [0.29, 0.717) is 0 Å². The summed E-state index contributed by atoms with van der Waals surface area (Å²) in [5.41, 5.74) is 0. The fourth-order valence-electron chi connectivity index (χ4n) is 2.10. The first-order chi connectivity index (χ1) is 12.3. The van der Waals surface area contributed by atoms with Gasteiger partial charge in [-0.25, -0.2) is 0 Å². The molecule has 0 spiro atoms. The molecule has 3 nitrogen and oxygen atoms in total. The molecule has 0 radical (unpaired) electrons. The zero-order valence-electron chi connectivity index (χ0n) is 15.9. The molecule has 0 bridgehead atoms. The van der Waals surface area contributed by atoms with Gasteiger partial charge in [0.15, 0.2) is 0 Å². The van der Waals surface area contributed by atoms with Gasteiger partial charge in [-0.3, -0.25) is 0 Å². The Balaban J connectivity index is 3.17. The van der Waals surface area contributed by atoms with Gasteiger partial charge in [-0.05, 0) is 0 Å². The molecule has 1 aromatic carbocycles. The molecule has 1 aromatic rings. The Bertz CT molecular complexity index is 569. The Labute approximate surface area is 185 Å². The summed E-state index contributed by atoms with van der Waals surface area (Å²) in [5.74, 6) is 0.855. The standard InChI is InChI=1S/C17H27BrN2OS4Se/c1-6-19(7-2)16(22)24-26(18,25-17(23)20(8-3)9-4)15-12-10-14(21-5)11-13-15/h10-13H,6-9H2,1-5H3. The Kier molecular flexibility index (Phi) is 11.5. The van der Waals surface area contributed by atoms with E-state index in [4.69, 9.17) is 29.2 Å². The summed E-state index contributed by atoms with van der Waals surface area (Å²) in [6, 6.07) is 8.27. The van der Waals surface area contributed by atoms with Crippen LogP contribution in [0.3, 0.4) is 0 Å². The van der Waals surface area contributed by atoms with Crippen LogP contribution in [-0.4, -0.2) is 60.5 Å². The molecule has 1 rings (SSSR count). The molecule has 0 heterocycles. The minimum absolute atomic E-state index is 0.855. The number of halogens is 1. The van der Waals surface area contributed by atoms with Gasteiger partial charge in [0.25, 0.3) is 0 Å². The summed E-state index contributed by atoms with van der Waals surface area (Å²) in [6.07, 6.45) is 0. The number of benzene rings is 1. The van der Waals surface area contributed by atoms with Crippen LogP contribution in [0.2, 0.25) is 0 Å². The average molecular weight is 563 g/mol. The van der Waals surface area contributed by atoms with Crippen LogP contribution < -0.4 is 9.20 Å². The maximum atomic E-state index is 5.75. The Morgan fingerprint density at radius 3 is 1.62 bits per heavy atom. The van der Waals surface area contributed by atoms with Crippen molar-refractivity contribution < 1.29 is 4.74 Å². The quantitative estimate of drug-likeness (QED) is 0.325. The number of ether oxygens (including phenoxy) is 1. The van der Waals surface area contributed by atoms with E-state index in [1.165, 1.54) is 4.46 Å². The molecule has 0 unspecified atom stereocenters. The van der Waals surface area contributed by atoms with Crippen molar-refractivity contribution in [2.75, 3.05) is 33.3 Å². The Morgan fingerprint density at radius 2 is 1.31 bits per heavy atom. The first-order valence-corrected chi connectivity index (χ1v) is 19.8. The molecule has 0 amide bonds. The van der Waals surface area contributed by atoms with Crippen LogP contribution in [0.25, 0.3) is 0 Å². The van der Waals surface area contributed by atoms with Crippen molar-refractivity contribution in [2.24, 2.45) is 0 Å². The maximum absolute atomic E-state index is 5.75. The third-order valence-electron chi connectivity index (χ3n) is 3.74. The van der Waals surface area contributed by atoms with Crippen LogP contribution in [0.15, 0.2) is 24.3 Å². The van der Waals surface area contributed by atoms with Crippen molar-refractivity contribution in [3.63, 3.8) is 0 Å². The number of methoxy groups -OCH3 is 1. The van der Waals surface area contributed by atoms with Crippen molar-refractivity contribution in [2.45, 2.75) is 27.7 Å². The number of thiocarbonyl (C=S) groups is 2. The van der Waals surface area contributed by atoms with Gasteiger partial charge in [-0.2, -0.15) is 0 Å². The van der Waals surface area contributed by atoms with Gasteiger partial charge in [-0.15, -0.1) is 0 Å². The molecule has 0 aromatic heterocycles. The first kappa shape index (κ1) is 24.5. The van der Waals surface area contributed by atoms with Crippen LogP contribution in [0.5, 0.6) is 5.75 Å². The van der Waals surface area contributed by atoms with Gasteiger partial charge >= 0.3 is 186 Å². The van der Waals surface area contributed by atoms with Crippen molar-refractivity contribution >= 4 is 80.8 Å². The van der Waals surface area contributed by atoms with Gasteiger partial charge in [0.05, 0.1) is 0 Å². The van der Waals surface area contributed by atoms with Gasteiger partial charge in [0.2, 0.25) is 0 Å². The van der Waals surface area contributed by atoms with E-state index in [2.05, 4.69) is 63.7 Å². The minimum atomic E-state index is -2.47. The van der Waals surface area contributed by atoms with E-state index in [-0.39, 0.29) is 0 Å². The molecule has 148 valence electrons. The molecule has 0 aliphatic rings. The molecular formula is C17H27BrN2OS4Se. The molecule has 0 saturated heterocycles. The molecule has 9 heteroatoms. The molecule has 0 N–H and O–H groups in total. The normalized spacial score (nSPS) is 11.8. The number of rotatable bonds is 8. The molecular weight excluding hydrogens is 535 g/mol. The molecule has 0 fully saturated rings. The Hall–Kier alpha value is 0.499. The molecule has 26 heavy (non-hydrogen) atoms. The van der Waals surface area contributed by atoms with E-state index in [0.717, 1.165) is 40.6 Å². The van der Waals surface area contributed by atoms with E-state index in [1.807, 2.05) is 12.1 Å². The van der Waals surface area contributed by atoms with Gasteiger partial charge < -0.3 is 0 Å². The summed E-state index contributed by atoms with van der Waals surface area (Å²) in [5, 5.41) is 0. The van der Waals surface area contributed by atoms with E-state index >= 15 is 0 Å². The second-order valence-corrected chi connectivity index (χ2v) is 28.3. The molecule has 0 saturated carbocycles. The van der Waals surface area contributed by atoms with Gasteiger partial charge in [-0.1, -0.05) is 0 Å². The second kappa shape index (κ2) is 12.1. The number of nitrogens with zero attached hydrogens (tertiary/aromatic N) is 2. The van der Waals surface area contributed by atoms with E-state index < -0.39 is 8.80 Å². The summed E-state index contributed by atoms with van der Waals surface area (Å²) < 4.78 is 8.42. The van der Waals surface area contributed by atoms with Crippen LogP contribution in [0.4, 0.5) is 0 Å². The summed E-state index contributed by atoms with van der Waals surface area (Å²) in [6.45, 7) is 12.2. The molecule has 0 aliphatic carbocycles. The van der Waals surface area contributed by atoms with E-state index in [1.54, 1.807) is 27.5 Å². The van der Waals surface area contributed by atoms with Crippen LogP contribution in [0.1, 0.15) is 27.7 Å². The average Bonchev–Trinajstić information content (AvgIpc) is 2.63. The van der Waals surface area contributed by atoms with Gasteiger partial charge in [0.1, 0.15) is 0 Å². The fourth-order valence-corrected chi connectivity index (χ4v) is 25.9. The van der Waals surface area contributed by atoms with Gasteiger partial charge in [0, 0.05) is 0 Å². The molecule has 0 atom stereocenters. The summed E-state index contributed by atoms with van der Waals surface area (Å²) in [7, 11) is 2.76. The van der Waals surface area contributed by atoms with Crippen molar-refractivity contribution in [1.82, 2.24) is 9.80 Å². The monoisotopic (exact) mass is 562 g/mol. The Morgan fingerprint density at radius 1 is 0.923 bits per heavy atom. The summed E-state index contributed by atoms with van der Waals surface area (Å²) in [4.78, 5) is 4.44. The zero-order chi connectivity index (χ0) is 19.7. The van der Waals surface area contributed by atoms with Crippen molar-refractivity contribution in [3.8, 4) is 5.75 Å². The van der Waals surface area contributed by atoms with Crippen molar-refractivity contribution in [1.29, 1.82) is 0 Å². The predicted molar refractivity (Wildman–Crippen MR) is 134 cm³/mol. The SMILES string of the molecule is CCN(CC)C(=S)S[Se](Br)(SC(=S)N(CC)CC)c1ccc(OC)cc1. The van der Waals surface area contributed by atoms with Crippen LogP contribution in [-0.2, 0) is 0 Å². The summed E-state index contributed by atoms with van der Waals surface area (Å²) >= 11 is 15.6. The molecule has 0 aliphatic heterocycles. The number of hydrogen-bond donors (Lipinski definition) is 0. The van der Waals surface area contributed by atoms with E-state index in [9.17, 15) is 0 Å². The van der Waals surface area contributed by atoms with Crippen LogP contribution in [0, 0.1) is 0 Å². The van der Waals surface area contributed by atoms with Crippen LogP contribution >= 0.6 is 58.9 Å². The second-order valence-electron chi connectivity index (χ2n) is 5.16. The zero-order valence-corrected chi connectivity index (χ0v) is 22.4. The van der Waals surface area contributed by atoms with Crippen molar-refractivity contribution in [3.05, 3.63) is 24.3 Å².